The van der Waals surface area contributed by atoms with Crippen LogP contribution in [0, 0.1) is 0 Å². The van der Waals surface area contributed by atoms with E-state index in [-0.39, 0.29) is 0 Å². The van der Waals surface area contributed by atoms with Crippen LogP contribution in [-0.4, -0.2) is 48.5 Å². The molecule has 0 amide bonds. The van der Waals surface area contributed by atoms with Crippen molar-refractivity contribution in [2.24, 2.45) is 0 Å². The summed E-state index contributed by atoms with van der Waals surface area (Å²) >= 11 is 6.13. The van der Waals surface area contributed by atoms with E-state index < -0.39 is 0 Å². The molecule has 0 saturated carbocycles. The zero-order valence-corrected chi connectivity index (χ0v) is 12.2. The van der Waals surface area contributed by atoms with Gasteiger partial charge in [0.25, 0.3) is 0 Å². The fourth-order valence-electron chi connectivity index (χ4n) is 1.78. The van der Waals surface area contributed by atoms with Crippen LogP contribution >= 0.6 is 11.6 Å². The van der Waals surface area contributed by atoms with Gasteiger partial charge >= 0.3 is 0 Å². The van der Waals surface area contributed by atoms with Crippen molar-refractivity contribution in [3.8, 4) is 0 Å². The van der Waals surface area contributed by atoms with Gasteiger partial charge in [0.1, 0.15) is 5.82 Å². The second kappa shape index (κ2) is 7.56. The quantitative estimate of drug-likeness (QED) is 0.824. The minimum absolute atomic E-state index is 0.527. The summed E-state index contributed by atoms with van der Waals surface area (Å²) in [4.78, 5) is 8.82. The lowest BCUT2D eigenvalue weighted by Gasteiger charge is -2.21. The average Bonchev–Trinajstić information content (AvgIpc) is 2.32. The predicted octanol–water partition coefficient (Wildman–Crippen LogP) is 2.09. The highest BCUT2D eigenvalue weighted by Crippen LogP contribution is 2.17. The summed E-state index contributed by atoms with van der Waals surface area (Å²) in [7, 11) is 4.18. The molecule has 2 N–H and O–H groups in total. The monoisotopic (exact) mass is 270 g/mol. The summed E-state index contributed by atoms with van der Waals surface area (Å²) in [5, 5.41) is 0.690. The van der Waals surface area contributed by atoms with Crippen molar-refractivity contribution in [1.29, 1.82) is 0 Å². The molecule has 1 aromatic heterocycles. The molecule has 1 aromatic rings. The standard InChI is InChI=1S/C13H23ClN4/c1-4-18(9-5-8-17(2)3)10-12-11(14)6-7-13(15)16-12/h6-7H,4-5,8-10H2,1-3H3,(H2,15,16). The summed E-state index contributed by atoms with van der Waals surface area (Å²) in [6.07, 6.45) is 1.14. The number of hydrogen-bond acceptors (Lipinski definition) is 4. The molecule has 0 bridgehead atoms. The van der Waals surface area contributed by atoms with Crippen LogP contribution in [0.1, 0.15) is 19.0 Å². The van der Waals surface area contributed by atoms with Crippen molar-refractivity contribution in [3.05, 3.63) is 22.8 Å². The van der Waals surface area contributed by atoms with Crippen molar-refractivity contribution in [2.75, 3.05) is 39.5 Å². The van der Waals surface area contributed by atoms with Gasteiger partial charge in [0.05, 0.1) is 10.7 Å². The van der Waals surface area contributed by atoms with E-state index in [1.54, 1.807) is 6.07 Å². The van der Waals surface area contributed by atoms with Crippen molar-refractivity contribution in [1.82, 2.24) is 14.8 Å². The lowest BCUT2D eigenvalue weighted by atomic mass is 10.3. The Morgan fingerprint density at radius 1 is 1.28 bits per heavy atom. The summed E-state index contributed by atoms with van der Waals surface area (Å²) in [6, 6.07) is 3.54. The molecule has 0 atom stereocenters. The lowest BCUT2D eigenvalue weighted by molar-refractivity contribution is 0.257. The predicted molar refractivity (Wildman–Crippen MR) is 77.8 cm³/mol. The first kappa shape index (κ1) is 15.2. The number of rotatable bonds is 7. The second-order valence-electron chi connectivity index (χ2n) is 4.69. The third-order valence-electron chi connectivity index (χ3n) is 2.84. The molecule has 0 aliphatic rings. The van der Waals surface area contributed by atoms with Crippen LogP contribution in [0.25, 0.3) is 0 Å². The van der Waals surface area contributed by atoms with Gasteiger partial charge in [0.15, 0.2) is 0 Å². The van der Waals surface area contributed by atoms with Crippen LogP contribution in [0.5, 0.6) is 0 Å². The van der Waals surface area contributed by atoms with Crippen molar-refractivity contribution < 1.29 is 0 Å². The van der Waals surface area contributed by atoms with Gasteiger partial charge in [-0.2, -0.15) is 0 Å². The number of nitrogens with zero attached hydrogens (tertiary/aromatic N) is 3. The molecular weight excluding hydrogens is 248 g/mol. The first-order chi connectivity index (χ1) is 8.52. The molecule has 0 aromatic carbocycles. The van der Waals surface area contributed by atoms with Crippen LogP contribution in [0.2, 0.25) is 5.02 Å². The molecule has 0 aliphatic carbocycles. The normalized spacial score (nSPS) is 11.4. The Morgan fingerprint density at radius 2 is 2.00 bits per heavy atom. The van der Waals surface area contributed by atoms with Crippen LogP contribution < -0.4 is 5.73 Å². The lowest BCUT2D eigenvalue weighted by Crippen LogP contribution is -2.27. The molecule has 0 saturated heterocycles. The molecule has 102 valence electrons. The van der Waals surface area contributed by atoms with Gasteiger partial charge in [0.2, 0.25) is 0 Å². The van der Waals surface area contributed by atoms with E-state index in [0.717, 1.165) is 38.3 Å². The molecule has 18 heavy (non-hydrogen) atoms. The fourth-order valence-corrected chi connectivity index (χ4v) is 1.95. The van der Waals surface area contributed by atoms with E-state index in [9.17, 15) is 0 Å². The van der Waals surface area contributed by atoms with E-state index in [1.807, 2.05) is 6.07 Å². The fraction of sp³-hybridized carbons (Fsp3) is 0.615. The molecular formula is C13H23ClN4. The molecule has 0 fully saturated rings. The maximum atomic E-state index is 6.13. The SMILES string of the molecule is CCN(CCCN(C)C)Cc1nc(N)ccc1Cl. The number of pyridine rings is 1. The Balaban J connectivity index is 2.54. The molecule has 0 unspecified atom stereocenters. The van der Waals surface area contributed by atoms with Gasteiger partial charge in [-0.25, -0.2) is 4.98 Å². The number of nitrogens with two attached hydrogens (primary N) is 1. The van der Waals surface area contributed by atoms with Gasteiger partial charge in [-0.3, -0.25) is 4.90 Å². The van der Waals surface area contributed by atoms with Gasteiger partial charge in [0, 0.05) is 6.54 Å². The summed E-state index contributed by atoms with van der Waals surface area (Å²) in [6.45, 7) is 6.03. The van der Waals surface area contributed by atoms with Crippen LogP contribution in [0.15, 0.2) is 12.1 Å². The van der Waals surface area contributed by atoms with Gasteiger partial charge < -0.3 is 10.6 Å². The largest absolute Gasteiger partial charge is 0.384 e. The highest BCUT2D eigenvalue weighted by atomic mass is 35.5. The molecule has 0 radical (unpaired) electrons. The van der Waals surface area contributed by atoms with Crippen molar-refractivity contribution in [2.45, 2.75) is 19.9 Å². The highest BCUT2D eigenvalue weighted by molar-refractivity contribution is 6.31. The van der Waals surface area contributed by atoms with Crippen molar-refractivity contribution in [3.63, 3.8) is 0 Å². The average molecular weight is 271 g/mol. The zero-order chi connectivity index (χ0) is 13.5. The maximum absolute atomic E-state index is 6.13. The van der Waals surface area contributed by atoms with Crippen LogP contribution in [0.3, 0.4) is 0 Å². The number of nitrogen functional groups attached to an aromatic ring is 1. The smallest absolute Gasteiger partial charge is 0.123 e. The Bertz CT molecular complexity index is 368. The molecule has 1 heterocycles. The maximum Gasteiger partial charge on any atom is 0.123 e. The first-order valence-corrected chi connectivity index (χ1v) is 6.68. The number of aromatic nitrogens is 1. The third kappa shape index (κ3) is 5.21. The minimum atomic E-state index is 0.527. The van der Waals surface area contributed by atoms with E-state index >= 15 is 0 Å². The molecule has 4 nitrogen and oxygen atoms in total. The molecule has 5 heteroatoms. The Morgan fingerprint density at radius 3 is 2.61 bits per heavy atom. The van der Waals surface area contributed by atoms with Gasteiger partial charge in [-0.1, -0.05) is 18.5 Å². The second-order valence-corrected chi connectivity index (χ2v) is 5.10. The molecule has 0 spiro atoms. The van der Waals surface area contributed by atoms with Crippen LogP contribution in [-0.2, 0) is 6.54 Å². The number of halogens is 1. The number of anilines is 1. The Labute approximate surface area is 115 Å². The van der Waals surface area contributed by atoms with Gasteiger partial charge in [-0.15, -0.1) is 0 Å². The zero-order valence-electron chi connectivity index (χ0n) is 11.5. The Kier molecular flexibility index (Phi) is 6.39. The van der Waals surface area contributed by atoms with Crippen molar-refractivity contribution >= 4 is 17.4 Å². The topological polar surface area (TPSA) is 45.4 Å². The molecule has 1 rings (SSSR count). The Hall–Kier alpha value is -0.840. The van der Waals surface area contributed by atoms with E-state index in [0.29, 0.717) is 10.8 Å². The molecule has 0 aliphatic heterocycles. The van der Waals surface area contributed by atoms with Crippen LogP contribution in [0.4, 0.5) is 5.82 Å². The van der Waals surface area contributed by atoms with E-state index in [4.69, 9.17) is 17.3 Å². The summed E-state index contributed by atoms with van der Waals surface area (Å²) in [5.74, 6) is 0.527. The minimum Gasteiger partial charge on any atom is -0.384 e. The van der Waals surface area contributed by atoms with Gasteiger partial charge in [-0.05, 0) is 52.3 Å². The first-order valence-electron chi connectivity index (χ1n) is 6.31. The highest BCUT2D eigenvalue weighted by Gasteiger charge is 2.08. The third-order valence-corrected chi connectivity index (χ3v) is 3.18. The number of hydrogen-bond donors (Lipinski definition) is 1. The van der Waals surface area contributed by atoms with E-state index in [1.165, 1.54) is 0 Å². The summed E-state index contributed by atoms with van der Waals surface area (Å²) in [5.41, 5.74) is 6.55. The van der Waals surface area contributed by atoms with E-state index in [2.05, 4.69) is 35.8 Å². The summed E-state index contributed by atoms with van der Waals surface area (Å²) < 4.78 is 0.